The maximum Gasteiger partial charge on any atom is 0.397 e. The van der Waals surface area contributed by atoms with Gasteiger partial charge in [0.25, 0.3) is 0 Å². The SMILES string of the molecule is O=C(CC(F)(F)F)Nc1cccc(C#CCO)c1. The molecular formula is C12H10F3NO2. The fourth-order valence-electron chi connectivity index (χ4n) is 1.20. The van der Waals surface area contributed by atoms with E-state index in [1.807, 2.05) is 0 Å². The van der Waals surface area contributed by atoms with Crippen LogP contribution in [0, 0.1) is 11.8 Å². The lowest BCUT2D eigenvalue weighted by atomic mass is 10.2. The molecule has 0 saturated carbocycles. The van der Waals surface area contributed by atoms with Crippen molar-refractivity contribution in [3.8, 4) is 11.8 Å². The Kier molecular flexibility index (Phi) is 4.75. The van der Waals surface area contributed by atoms with Crippen LogP contribution < -0.4 is 5.32 Å². The summed E-state index contributed by atoms with van der Waals surface area (Å²) in [4.78, 5) is 11.0. The summed E-state index contributed by atoms with van der Waals surface area (Å²) < 4.78 is 35.8. The number of amides is 1. The van der Waals surface area contributed by atoms with Gasteiger partial charge in [0.2, 0.25) is 5.91 Å². The summed E-state index contributed by atoms with van der Waals surface area (Å²) in [5.41, 5.74) is 0.725. The number of aliphatic hydroxyl groups is 1. The minimum atomic E-state index is -4.53. The third kappa shape index (κ3) is 5.37. The average Bonchev–Trinajstić information content (AvgIpc) is 2.24. The molecule has 6 heteroatoms. The molecule has 1 rings (SSSR count). The van der Waals surface area contributed by atoms with Gasteiger partial charge in [-0.15, -0.1) is 0 Å². The van der Waals surface area contributed by atoms with Crippen LogP contribution in [0.5, 0.6) is 0 Å². The molecular weight excluding hydrogens is 247 g/mol. The number of nitrogens with one attached hydrogen (secondary N) is 1. The second kappa shape index (κ2) is 6.07. The van der Waals surface area contributed by atoms with Gasteiger partial charge in [-0.1, -0.05) is 17.9 Å². The van der Waals surface area contributed by atoms with Crippen LogP contribution in [0.15, 0.2) is 24.3 Å². The molecule has 0 radical (unpaired) electrons. The molecule has 0 spiro atoms. The summed E-state index contributed by atoms with van der Waals surface area (Å²) in [6, 6.07) is 6.04. The lowest BCUT2D eigenvalue weighted by Crippen LogP contribution is -2.21. The van der Waals surface area contributed by atoms with Crippen LogP contribution in [-0.4, -0.2) is 23.8 Å². The van der Waals surface area contributed by atoms with Crippen LogP contribution in [0.1, 0.15) is 12.0 Å². The zero-order valence-corrected chi connectivity index (χ0v) is 9.21. The first kappa shape index (κ1) is 14.1. The molecule has 18 heavy (non-hydrogen) atoms. The molecule has 2 N–H and O–H groups in total. The Balaban J connectivity index is 2.70. The molecule has 3 nitrogen and oxygen atoms in total. The van der Waals surface area contributed by atoms with Gasteiger partial charge in [0, 0.05) is 11.3 Å². The number of hydrogen-bond donors (Lipinski definition) is 2. The summed E-state index contributed by atoms with van der Waals surface area (Å²) in [6.45, 7) is -0.315. The zero-order chi connectivity index (χ0) is 13.6. The van der Waals surface area contributed by atoms with Crippen molar-refractivity contribution >= 4 is 11.6 Å². The van der Waals surface area contributed by atoms with Gasteiger partial charge in [0.1, 0.15) is 13.0 Å². The summed E-state index contributed by atoms with van der Waals surface area (Å²) in [5.74, 6) is 3.85. The second-order valence-electron chi connectivity index (χ2n) is 3.38. The van der Waals surface area contributed by atoms with Gasteiger partial charge >= 0.3 is 6.18 Å². The monoisotopic (exact) mass is 257 g/mol. The van der Waals surface area contributed by atoms with Gasteiger partial charge in [-0.3, -0.25) is 4.79 Å². The highest BCUT2D eigenvalue weighted by atomic mass is 19.4. The first-order valence-electron chi connectivity index (χ1n) is 4.97. The topological polar surface area (TPSA) is 49.3 Å². The van der Waals surface area contributed by atoms with Crippen LogP contribution >= 0.6 is 0 Å². The molecule has 1 aromatic rings. The van der Waals surface area contributed by atoms with E-state index in [0.717, 1.165) is 0 Å². The van der Waals surface area contributed by atoms with Crippen LogP contribution in [0.25, 0.3) is 0 Å². The van der Waals surface area contributed by atoms with Crippen molar-refractivity contribution in [2.75, 3.05) is 11.9 Å². The lowest BCUT2D eigenvalue weighted by molar-refractivity contribution is -0.150. The van der Waals surface area contributed by atoms with E-state index >= 15 is 0 Å². The summed E-state index contributed by atoms with van der Waals surface area (Å²) >= 11 is 0. The number of anilines is 1. The van der Waals surface area contributed by atoms with Gasteiger partial charge in [-0.25, -0.2) is 0 Å². The minimum Gasteiger partial charge on any atom is -0.384 e. The van der Waals surface area contributed by atoms with Gasteiger partial charge < -0.3 is 10.4 Å². The van der Waals surface area contributed by atoms with Crippen LogP contribution in [0.4, 0.5) is 18.9 Å². The van der Waals surface area contributed by atoms with Gasteiger partial charge in [-0.2, -0.15) is 13.2 Å². The van der Waals surface area contributed by atoms with E-state index in [1.54, 1.807) is 12.1 Å². The van der Waals surface area contributed by atoms with Crippen molar-refractivity contribution in [2.24, 2.45) is 0 Å². The standard InChI is InChI=1S/C12H10F3NO2/c13-12(14,15)8-11(18)16-10-5-1-3-9(7-10)4-2-6-17/h1,3,5,7,17H,6,8H2,(H,16,18). The van der Waals surface area contributed by atoms with E-state index < -0.39 is 18.5 Å². The highest BCUT2D eigenvalue weighted by Crippen LogP contribution is 2.20. The molecule has 1 amide bonds. The Morgan fingerprint density at radius 3 is 2.72 bits per heavy atom. The molecule has 0 fully saturated rings. The molecule has 96 valence electrons. The predicted octanol–water partition coefficient (Wildman–Crippen LogP) is 1.92. The average molecular weight is 257 g/mol. The fourth-order valence-corrected chi connectivity index (χ4v) is 1.20. The molecule has 0 bridgehead atoms. The van der Waals surface area contributed by atoms with E-state index in [-0.39, 0.29) is 12.3 Å². The molecule has 0 atom stereocenters. The molecule has 0 aliphatic rings. The largest absolute Gasteiger partial charge is 0.397 e. The van der Waals surface area contributed by atoms with E-state index in [2.05, 4.69) is 17.2 Å². The Hall–Kier alpha value is -2.00. The second-order valence-corrected chi connectivity index (χ2v) is 3.38. The minimum absolute atomic E-state index is 0.231. The first-order valence-corrected chi connectivity index (χ1v) is 4.97. The summed E-state index contributed by atoms with van der Waals surface area (Å²) in [7, 11) is 0. The van der Waals surface area contributed by atoms with Gasteiger partial charge in [0.15, 0.2) is 0 Å². The van der Waals surface area contributed by atoms with Gasteiger partial charge in [-0.05, 0) is 18.2 Å². The molecule has 0 aliphatic heterocycles. The van der Waals surface area contributed by atoms with E-state index in [1.165, 1.54) is 12.1 Å². The quantitative estimate of drug-likeness (QED) is 0.795. The smallest absolute Gasteiger partial charge is 0.384 e. The van der Waals surface area contributed by atoms with Crippen molar-refractivity contribution < 1.29 is 23.1 Å². The Bertz CT molecular complexity index is 486. The Labute approximate surface area is 102 Å². The zero-order valence-electron chi connectivity index (χ0n) is 9.21. The van der Waals surface area contributed by atoms with E-state index in [4.69, 9.17) is 5.11 Å². The molecule has 0 aromatic heterocycles. The van der Waals surface area contributed by atoms with Crippen LogP contribution in [0.3, 0.4) is 0 Å². The maximum atomic E-state index is 11.9. The summed E-state index contributed by atoms with van der Waals surface area (Å²) in [6.07, 6.45) is -6.06. The number of aliphatic hydroxyl groups excluding tert-OH is 1. The Morgan fingerprint density at radius 1 is 1.39 bits per heavy atom. The first-order chi connectivity index (χ1) is 8.40. The van der Waals surface area contributed by atoms with Crippen LogP contribution in [0.2, 0.25) is 0 Å². The number of carbonyl (C=O) groups excluding carboxylic acids is 1. The Morgan fingerprint density at radius 2 is 2.11 bits per heavy atom. The van der Waals surface area contributed by atoms with Gasteiger partial charge in [0.05, 0.1) is 0 Å². The normalized spacial score (nSPS) is 10.4. The highest BCUT2D eigenvalue weighted by molar-refractivity contribution is 5.91. The molecule has 0 heterocycles. The number of rotatable bonds is 2. The predicted molar refractivity (Wildman–Crippen MR) is 59.7 cm³/mol. The summed E-state index contributed by atoms with van der Waals surface area (Å²) in [5, 5.41) is 10.6. The lowest BCUT2D eigenvalue weighted by Gasteiger charge is -2.07. The van der Waals surface area contributed by atoms with Crippen molar-refractivity contribution in [1.29, 1.82) is 0 Å². The fraction of sp³-hybridized carbons (Fsp3) is 0.250. The van der Waals surface area contributed by atoms with Crippen molar-refractivity contribution in [3.63, 3.8) is 0 Å². The molecule has 0 unspecified atom stereocenters. The van der Waals surface area contributed by atoms with Crippen molar-refractivity contribution in [2.45, 2.75) is 12.6 Å². The number of carbonyl (C=O) groups is 1. The van der Waals surface area contributed by atoms with Crippen LogP contribution in [-0.2, 0) is 4.79 Å². The molecule has 0 aliphatic carbocycles. The third-order valence-electron chi connectivity index (χ3n) is 1.82. The number of benzene rings is 1. The van der Waals surface area contributed by atoms with Crippen molar-refractivity contribution in [1.82, 2.24) is 0 Å². The molecule has 0 saturated heterocycles. The van der Waals surface area contributed by atoms with E-state index in [9.17, 15) is 18.0 Å². The maximum absolute atomic E-state index is 11.9. The number of alkyl halides is 3. The number of halogens is 3. The molecule has 1 aromatic carbocycles. The van der Waals surface area contributed by atoms with E-state index in [0.29, 0.717) is 5.56 Å². The third-order valence-corrected chi connectivity index (χ3v) is 1.82. The van der Waals surface area contributed by atoms with Crippen molar-refractivity contribution in [3.05, 3.63) is 29.8 Å². The number of hydrogen-bond acceptors (Lipinski definition) is 2. The highest BCUT2D eigenvalue weighted by Gasteiger charge is 2.31.